The minimum Gasteiger partial charge on any atom is -0.453 e. The molecule has 1 aliphatic rings. The first-order valence-electron chi connectivity index (χ1n) is 6.90. The first kappa shape index (κ1) is 13.5. The maximum atomic E-state index is 12.5. The minimum atomic E-state index is -0.704. The number of rotatable bonds is 3. The second kappa shape index (κ2) is 5.87. The van der Waals surface area contributed by atoms with Crippen LogP contribution in [0.15, 0.2) is 36.7 Å². The number of ketones is 1. The van der Waals surface area contributed by atoms with Gasteiger partial charge in [-0.1, -0.05) is 29.5 Å². The van der Waals surface area contributed by atoms with Gasteiger partial charge in [-0.2, -0.15) is 0 Å². The molecule has 1 unspecified atom stereocenters. The molecule has 108 valence electrons. The van der Waals surface area contributed by atoms with Crippen LogP contribution in [0.2, 0.25) is 0 Å². The lowest BCUT2D eigenvalue weighted by molar-refractivity contribution is -0.148. The van der Waals surface area contributed by atoms with Crippen LogP contribution in [0.1, 0.15) is 28.8 Å². The molecule has 1 aliphatic carbocycles. The largest absolute Gasteiger partial charge is 0.453 e. The van der Waals surface area contributed by atoms with E-state index in [1.165, 1.54) is 10.9 Å². The Morgan fingerprint density at radius 1 is 1.38 bits per heavy atom. The van der Waals surface area contributed by atoms with Gasteiger partial charge in [0.05, 0.1) is 6.20 Å². The SMILES string of the molecule is O=C(Cn1ccnn1)OC1CCCc2ccccc2C1=O. The highest BCUT2D eigenvalue weighted by atomic mass is 16.5. The Kier molecular flexibility index (Phi) is 3.77. The summed E-state index contributed by atoms with van der Waals surface area (Å²) in [6.45, 7) is -0.0363. The molecule has 0 N–H and O–H groups in total. The summed E-state index contributed by atoms with van der Waals surface area (Å²) >= 11 is 0. The van der Waals surface area contributed by atoms with Gasteiger partial charge < -0.3 is 4.74 Å². The van der Waals surface area contributed by atoms with Gasteiger partial charge in [0.25, 0.3) is 0 Å². The van der Waals surface area contributed by atoms with Crippen molar-refractivity contribution in [1.82, 2.24) is 15.0 Å². The maximum absolute atomic E-state index is 12.5. The smallest absolute Gasteiger partial charge is 0.328 e. The number of aromatic nitrogens is 3. The number of Topliss-reactive ketones (excluding diaryl/α,β-unsaturated/α-hetero) is 1. The number of fused-ring (bicyclic) bond motifs is 1. The Balaban J connectivity index is 1.71. The first-order valence-corrected chi connectivity index (χ1v) is 6.90. The van der Waals surface area contributed by atoms with Gasteiger partial charge in [0.2, 0.25) is 5.78 Å². The molecule has 0 bridgehead atoms. The topological polar surface area (TPSA) is 74.1 Å². The number of aryl methyl sites for hydroxylation is 1. The molecule has 6 heteroatoms. The number of ether oxygens (including phenoxy) is 1. The van der Waals surface area contributed by atoms with Crippen molar-refractivity contribution in [3.63, 3.8) is 0 Å². The normalized spacial score (nSPS) is 17.9. The molecule has 2 aromatic rings. The van der Waals surface area contributed by atoms with E-state index in [-0.39, 0.29) is 12.3 Å². The third-order valence-corrected chi connectivity index (χ3v) is 3.52. The molecule has 1 heterocycles. The number of carbonyl (C=O) groups excluding carboxylic acids is 2. The van der Waals surface area contributed by atoms with Crippen molar-refractivity contribution in [2.45, 2.75) is 31.9 Å². The summed E-state index contributed by atoms with van der Waals surface area (Å²) in [6.07, 6.45) is 4.57. The van der Waals surface area contributed by atoms with Crippen LogP contribution in [-0.4, -0.2) is 32.9 Å². The maximum Gasteiger partial charge on any atom is 0.328 e. The average molecular weight is 285 g/mol. The van der Waals surface area contributed by atoms with E-state index in [1.807, 2.05) is 18.2 Å². The monoisotopic (exact) mass is 285 g/mol. The zero-order chi connectivity index (χ0) is 14.7. The second-order valence-electron chi connectivity index (χ2n) is 4.99. The highest BCUT2D eigenvalue weighted by Gasteiger charge is 2.28. The first-order chi connectivity index (χ1) is 10.2. The minimum absolute atomic E-state index is 0.0363. The van der Waals surface area contributed by atoms with Gasteiger partial charge in [-0.05, 0) is 24.8 Å². The van der Waals surface area contributed by atoms with Crippen LogP contribution in [0.3, 0.4) is 0 Å². The molecule has 0 amide bonds. The van der Waals surface area contributed by atoms with E-state index in [4.69, 9.17) is 4.74 Å². The average Bonchev–Trinajstić information content (AvgIpc) is 2.93. The fourth-order valence-corrected chi connectivity index (χ4v) is 2.52. The second-order valence-corrected chi connectivity index (χ2v) is 4.99. The highest BCUT2D eigenvalue weighted by molar-refractivity contribution is 6.01. The number of hydrogen-bond acceptors (Lipinski definition) is 5. The fraction of sp³-hybridized carbons (Fsp3) is 0.333. The Hall–Kier alpha value is -2.50. The van der Waals surface area contributed by atoms with Crippen molar-refractivity contribution in [3.05, 3.63) is 47.8 Å². The zero-order valence-corrected chi connectivity index (χ0v) is 11.4. The van der Waals surface area contributed by atoms with Crippen molar-refractivity contribution < 1.29 is 14.3 Å². The van der Waals surface area contributed by atoms with E-state index in [1.54, 1.807) is 12.3 Å². The van der Waals surface area contributed by atoms with Crippen molar-refractivity contribution in [1.29, 1.82) is 0 Å². The lowest BCUT2D eigenvalue weighted by Crippen LogP contribution is -2.28. The van der Waals surface area contributed by atoms with Crippen LogP contribution in [0.5, 0.6) is 0 Å². The number of esters is 1. The zero-order valence-electron chi connectivity index (χ0n) is 11.4. The van der Waals surface area contributed by atoms with Gasteiger partial charge in [-0.25, -0.2) is 4.68 Å². The van der Waals surface area contributed by atoms with Gasteiger partial charge in [0.15, 0.2) is 6.10 Å². The molecule has 0 aliphatic heterocycles. The van der Waals surface area contributed by atoms with Crippen molar-refractivity contribution in [3.8, 4) is 0 Å². The molecule has 0 spiro atoms. The predicted molar refractivity (Wildman–Crippen MR) is 73.6 cm³/mol. The van der Waals surface area contributed by atoms with Crippen molar-refractivity contribution in [2.24, 2.45) is 0 Å². The molecular weight excluding hydrogens is 270 g/mol. The van der Waals surface area contributed by atoms with E-state index in [0.29, 0.717) is 12.0 Å². The molecule has 0 saturated heterocycles. The molecule has 1 aromatic carbocycles. The number of hydrogen-bond donors (Lipinski definition) is 0. The molecule has 0 radical (unpaired) electrons. The number of carbonyl (C=O) groups is 2. The highest BCUT2D eigenvalue weighted by Crippen LogP contribution is 2.22. The molecule has 1 aromatic heterocycles. The molecule has 3 rings (SSSR count). The van der Waals surface area contributed by atoms with Crippen LogP contribution in [0, 0.1) is 0 Å². The predicted octanol–water partition coefficient (Wildman–Crippen LogP) is 1.41. The summed E-state index contributed by atoms with van der Waals surface area (Å²) in [6, 6.07) is 7.49. The fourth-order valence-electron chi connectivity index (χ4n) is 2.52. The molecule has 6 nitrogen and oxygen atoms in total. The number of nitrogens with zero attached hydrogens (tertiary/aromatic N) is 3. The quantitative estimate of drug-likeness (QED) is 0.629. The van der Waals surface area contributed by atoms with Crippen molar-refractivity contribution in [2.75, 3.05) is 0 Å². The third-order valence-electron chi connectivity index (χ3n) is 3.52. The van der Waals surface area contributed by atoms with Crippen molar-refractivity contribution >= 4 is 11.8 Å². The Labute approximate surface area is 121 Å². The van der Waals surface area contributed by atoms with E-state index in [9.17, 15) is 9.59 Å². The van der Waals surface area contributed by atoms with Crippen LogP contribution >= 0.6 is 0 Å². The lowest BCUT2D eigenvalue weighted by Gasteiger charge is -2.14. The van der Waals surface area contributed by atoms with Crippen LogP contribution in [0.25, 0.3) is 0 Å². The summed E-state index contributed by atoms with van der Waals surface area (Å²) in [7, 11) is 0. The van der Waals surface area contributed by atoms with Crippen LogP contribution < -0.4 is 0 Å². The molecule has 21 heavy (non-hydrogen) atoms. The summed E-state index contributed by atoms with van der Waals surface area (Å²) in [5, 5.41) is 7.32. The van der Waals surface area contributed by atoms with Crippen LogP contribution in [0.4, 0.5) is 0 Å². The van der Waals surface area contributed by atoms with Gasteiger partial charge in [0.1, 0.15) is 6.54 Å². The van der Waals surface area contributed by atoms with E-state index >= 15 is 0 Å². The van der Waals surface area contributed by atoms with Gasteiger partial charge in [-0.15, -0.1) is 5.10 Å². The van der Waals surface area contributed by atoms with E-state index in [2.05, 4.69) is 10.3 Å². The summed E-state index contributed by atoms with van der Waals surface area (Å²) in [5.74, 6) is -0.590. The van der Waals surface area contributed by atoms with Gasteiger partial charge >= 0.3 is 5.97 Å². The Bertz CT molecular complexity index is 652. The lowest BCUT2D eigenvalue weighted by atomic mass is 10.0. The third kappa shape index (κ3) is 2.99. The summed E-state index contributed by atoms with van der Waals surface area (Å²) in [4.78, 5) is 24.3. The van der Waals surface area contributed by atoms with E-state index in [0.717, 1.165) is 18.4 Å². The van der Waals surface area contributed by atoms with Gasteiger partial charge in [0, 0.05) is 11.8 Å². The summed E-state index contributed by atoms with van der Waals surface area (Å²) in [5.41, 5.74) is 1.69. The summed E-state index contributed by atoms with van der Waals surface area (Å²) < 4.78 is 6.71. The molecule has 1 atom stereocenters. The molecule has 0 fully saturated rings. The Morgan fingerprint density at radius 3 is 3.05 bits per heavy atom. The molecular formula is C15H15N3O3. The Morgan fingerprint density at radius 2 is 2.24 bits per heavy atom. The van der Waals surface area contributed by atoms with Gasteiger partial charge in [-0.3, -0.25) is 9.59 Å². The van der Waals surface area contributed by atoms with Crippen LogP contribution in [-0.2, 0) is 22.5 Å². The van der Waals surface area contributed by atoms with E-state index < -0.39 is 12.1 Å². The molecule has 0 saturated carbocycles. The number of benzene rings is 1. The standard InChI is InChI=1S/C15H15N3O3/c19-14(10-18-9-8-16-17-18)21-13-7-3-5-11-4-1-2-6-12(11)15(13)20/h1-2,4,6,8-9,13H,3,5,7,10H2.